The summed E-state index contributed by atoms with van der Waals surface area (Å²) in [6.45, 7) is 5.74. The highest BCUT2D eigenvalue weighted by atomic mass is 35.5. The summed E-state index contributed by atoms with van der Waals surface area (Å²) < 4.78 is 0. The number of halogens is 1. The maximum Gasteiger partial charge on any atom is 0.0513 e. The zero-order chi connectivity index (χ0) is 6.41. The second kappa shape index (κ2) is 5.17. The fourth-order valence-electron chi connectivity index (χ4n) is 0.517. The van der Waals surface area contributed by atoms with E-state index < -0.39 is 0 Å². The first kappa shape index (κ1) is 8.03. The van der Waals surface area contributed by atoms with Crippen LogP contribution in [0, 0.1) is 0 Å². The maximum absolute atomic E-state index is 5.73. The van der Waals surface area contributed by atoms with E-state index in [1.807, 2.05) is 0 Å². The normalized spacial score (nSPS) is 13.2. The van der Waals surface area contributed by atoms with Crippen LogP contribution in [0.4, 0.5) is 0 Å². The molecule has 8 heavy (non-hydrogen) atoms. The molecule has 0 aliphatic carbocycles. The van der Waals surface area contributed by atoms with Gasteiger partial charge in [-0.2, -0.15) is 0 Å². The molecule has 0 N–H and O–H groups in total. The van der Waals surface area contributed by atoms with Crippen molar-refractivity contribution in [3.8, 4) is 0 Å². The van der Waals surface area contributed by atoms with Crippen molar-refractivity contribution in [1.29, 1.82) is 0 Å². The second-order valence-corrected chi connectivity index (χ2v) is 2.45. The van der Waals surface area contributed by atoms with Crippen LogP contribution in [0.15, 0.2) is 12.7 Å². The van der Waals surface area contributed by atoms with Gasteiger partial charge in [-0.05, 0) is 6.42 Å². The first-order valence-corrected chi connectivity index (χ1v) is 3.51. The Bertz CT molecular complexity index is 59.4. The first-order chi connectivity index (χ1) is 3.81. The van der Waals surface area contributed by atoms with Crippen molar-refractivity contribution >= 4 is 11.6 Å². The molecule has 1 atom stereocenters. The third-order valence-electron chi connectivity index (χ3n) is 1.09. The number of hydrogen-bond acceptors (Lipinski definition) is 0. The molecule has 0 aliphatic heterocycles. The summed E-state index contributed by atoms with van der Waals surface area (Å²) in [5.41, 5.74) is 0. The minimum atomic E-state index is 0.190. The van der Waals surface area contributed by atoms with E-state index in [-0.39, 0.29) is 5.38 Å². The van der Waals surface area contributed by atoms with Gasteiger partial charge in [0.1, 0.15) is 0 Å². The molecule has 48 valence electrons. The number of alkyl halides is 1. The average Bonchev–Trinajstić information content (AvgIpc) is 1.83. The van der Waals surface area contributed by atoms with Gasteiger partial charge in [-0.15, -0.1) is 18.2 Å². The van der Waals surface area contributed by atoms with Crippen LogP contribution in [0.3, 0.4) is 0 Å². The Morgan fingerprint density at radius 2 is 2.38 bits per heavy atom. The highest BCUT2D eigenvalue weighted by Gasteiger charge is 1.94. The van der Waals surface area contributed by atoms with Crippen LogP contribution in [-0.4, -0.2) is 5.38 Å². The summed E-state index contributed by atoms with van der Waals surface area (Å²) in [7, 11) is 0. The van der Waals surface area contributed by atoms with Gasteiger partial charge in [-0.25, -0.2) is 0 Å². The molecule has 0 fully saturated rings. The highest BCUT2D eigenvalue weighted by molar-refractivity contribution is 6.21. The fourth-order valence-corrected chi connectivity index (χ4v) is 0.671. The molecule has 0 radical (unpaired) electrons. The summed E-state index contributed by atoms with van der Waals surface area (Å²) in [6.07, 6.45) is 5.29. The molecule has 0 amide bonds. The van der Waals surface area contributed by atoms with Crippen LogP contribution in [0.1, 0.15) is 26.2 Å². The minimum absolute atomic E-state index is 0.190. The molecule has 1 heteroatoms. The largest absolute Gasteiger partial charge is 0.118 e. The molecule has 0 rings (SSSR count). The SMILES string of the molecule is C=CC(Cl)CCCC. The summed E-state index contributed by atoms with van der Waals surface area (Å²) in [4.78, 5) is 0. The molecular weight excluding hydrogens is 120 g/mol. The minimum Gasteiger partial charge on any atom is -0.118 e. The average molecular weight is 133 g/mol. The lowest BCUT2D eigenvalue weighted by Crippen LogP contribution is -1.90. The Labute approximate surface area is 56.5 Å². The fraction of sp³-hybridized carbons (Fsp3) is 0.714. The molecular formula is C7H13Cl. The maximum atomic E-state index is 5.73. The van der Waals surface area contributed by atoms with E-state index >= 15 is 0 Å². The van der Waals surface area contributed by atoms with Crippen LogP contribution in [0.5, 0.6) is 0 Å². The Kier molecular flexibility index (Phi) is 5.19. The van der Waals surface area contributed by atoms with E-state index in [2.05, 4.69) is 13.5 Å². The lowest BCUT2D eigenvalue weighted by Gasteiger charge is -1.98. The monoisotopic (exact) mass is 132 g/mol. The summed E-state index contributed by atoms with van der Waals surface area (Å²) in [5, 5.41) is 0.190. The van der Waals surface area contributed by atoms with E-state index in [0.29, 0.717) is 0 Å². The molecule has 0 saturated carbocycles. The Morgan fingerprint density at radius 3 is 2.75 bits per heavy atom. The van der Waals surface area contributed by atoms with Gasteiger partial charge < -0.3 is 0 Å². The number of hydrogen-bond donors (Lipinski definition) is 0. The number of allylic oxidation sites excluding steroid dienone is 1. The lowest BCUT2D eigenvalue weighted by atomic mass is 10.2. The molecule has 0 aromatic carbocycles. The second-order valence-electron chi connectivity index (χ2n) is 1.89. The molecule has 0 nitrogen and oxygen atoms in total. The molecule has 0 heterocycles. The van der Waals surface area contributed by atoms with Crippen molar-refractivity contribution in [2.24, 2.45) is 0 Å². The summed E-state index contributed by atoms with van der Waals surface area (Å²) in [6, 6.07) is 0. The van der Waals surface area contributed by atoms with Crippen LogP contribution < -0.4 is 0 Å². The van der Waals surface area contributed by atoms with Crippen LogP contribution in [0.2, 0.25) is 0 Å². The van der Waals surface area contributed by atoms with Crippen LogP contribution in [0.25, 0.3) is 0 Å². The third-order valence-corrected chi connectivity index (χ3v) is 1.49. The summed E-state index contributed by atoms with van der Waals surface area (Å²) >= 11 is 5.73. The molecule has 0 saturated heterocycles. The molecule has 1 unspecified atom stereocenters. The first-order valence-electron chi connectivity index (χ1n) is 3.08. The van der Waals surface area contributed by atoms with Gasteiger partial charge in [0.25, 0.3) is 0 Å². The zero-order valence-electron chi connectivity index (χ0n) is 5.36. The molecule has 0 aromatic heterocycles. The van der Waals surface area contributed by atoms with Crippen molar-refractivity contribution in [1.82, 2.24) is 0 Å². The van der Waals surface area contributed by atoms with Crippen LogP contribution in [-0.2, 0) is 0 Å². The van der Waals surface area contributed by atoms with Gasteiger partial charge in [0.15, 0.2) is 0 Å². The van der Waals surface area contributed by atoms with E-state index in [1.54, 1.807) is 6.08 Å². The predicted octanol–water partition coefficient (Wildman–Crippen LogP) is 2.97. The Morgan fingerprint density at radius 1 is 1.75 bits per heavy atom. The van der Waals surface area contributed by atoms with Crippen molar-refractivity contribution < 1.29 is 0 Å². The quantitative estimate of drug-likeness (QED) is 0.408. The van der Waals surface area contributed by atoms with Crippen molar-refractivity contribution in [2.45, 2.75) is 31.6 Å². The van der Waals surface area contributed by atoms with Crippen molar-refractivity contribution in [2.75, 3.05) is 0 Å². The smallest absolute Gasteiger partial charge is 0.0513 e. The Balaban J connectivity index is 2.98. The standard InChI is InChI=1S/C7H13Cl/c1-3-5-6-7(8)4-2/h4,7H,2-3,5-6H2,1H3. The van der Waals surface area contributed by atoms with E-state index in [1.165, 1.54) is 12.8 Å². The molecule has 0 aliphatic rings. The van der Waals surface area contributed by atoms with Gasteiger partial charge >= 0.3 is 0 Å². The van der Waals surface area contributed by atoms with Crippen molar-refractivity contribution in [3.63, 3.8) is 0 Å². The van der Waals surface area contributed by atoms with Gasteiger partial charge in [-0.3, -0.25) is 0 Å². The molecule has 0 bridgehead atoms. The molecule has 0 spiro atoms. The topological polar surface area (TPSA) is 0 Å². The summed E-state index contributed by atoms with van der Waals surface area (Å²) in [5.74, 6) is 0. The van der Waals surface area contributed by atoms with E-state index in [4.69, 9.17) is 11.6 Å². The number of unbranched alkanes of at least 4 members (excludes halogenated alkanes) is 1. The van der Waals surface area contributed by atoms with Gasteiger partial charge in [-0.1, -0.05) is 25.8 Å². The van der Waals surface area contributed by atoms with Gasteiger partial charge in [0, 0.05) is 0 Å². The van der Waals surface area contributed by atoms with Crippen molar-refractivity contribution in [3.05, 3.63) is 12.7 Å². The third kappa shape index (κ3) is 4.20. The molecule has 0 aromatic rings. The van der Waals surface area contributed by atoms with E-state index in [0.717, 1.165) is 6.42 Å². The van der Waals surface area contributed by atoms with Gasteiger partial charge in [0.2, 0.25) is 0 Å². The van der Waals surface area contributed by atoms with Gasteiger partial charge in [0.05, 0.1) is 5.38 Å². The Hall–Kier alpha value is 0.0300. The van der Waals surface area contributed by atoms with E-state index in [9.17, 15) is 0 Å². The van der Waals surface area contributed by atoms with Crippen LogP contribution >= 0.6 is 11.6 Å². The highest BCUT2D eigenvalue weighted by Crippen LogP contribution is 2.06. The zero-order valence-corrected chi connectivity index (χ0v) is 6.12. The lowest BCUT2D eigenvalue weighted by molar-refractivity contribution is 0.734. The number of rotatable bonds is 4. The predicted molar refractivity (Wildman–Crippen MR) is 39.4 cm³/mol.